The van der Waals surface area contributed by atoms with Crippen molar-refractivity contribution in [3.05, 3.63) is 59.7 Å². The van der Waals surface area contributed by atoms with Crippen LogP contribution in [0, 0.1) is 0 Å². The molecule has 0 aliphatic heterocycles. The minimum atomic E-state index is -0.118. The smallest absolute Gasteiger partial charge is 0.322 e. The number of nitrogens with one attached hydrogen (secondary N) is 2. The van der Waals surface area contributed by atoms with Gasteiger partial charge in [0.05, 0.1) is 19.6 Å². The second-order valence-electron chi connectivity index (χ2n) is 6.88. The summed E-state index contributed by atoms with van der Waals surface area (Å²) in [6.45, 7) is 3.06. The predicted octanol–water partition coefficient (Wildman–Crippen LogP) is 3.57. The lowest BCUT2D eigenvalue weighted by molar-refractivity contribution is -0.119. The second-order valence-corrected chi connectivity index (χ2v) is 6.88. The van der Waals surface area contributed by atoms with E-state index < -0.39 is 0 Å². The van der Waals surface area contributed by atoms with E-state index in [-0.39, 0.29) is 18.0 Å². The monoisotopic (exact) mass is 381 g/mol. The fourth-order valence-electron chi connectivity index (χ4n) is 3.04. The first-order valence-corrected chi connectivity index (χ1v) is 9.68. The molecule has 148 valence electrons. The normalized spacial score (nSPS) is 12.9. The highest BCUT2D eigenvalue weighted by atomic mass is 16.5. The molecule has 2 N–H and O–H groups in total. The summed E-state index contributed by atoms with van der Waals surface area (Å²) in [5, 5.41) is 5.58. The number of ether oxygens (including phenoxy) is 1. The molecule has 6 nitrogen and oxygen atoms in total. The highest BCUT2D eigenvalue weighted by Gasteiger charge is 2.33. The summed E-state index contributed by atoms with van der Waals surface area (Å²) in [5.41, 5.74) is 2.63. The Morgan fingerprint density at radius 2 is 1.82 bits per heavy atom. The lowest BCUT2D eigenvalue weighted by Gasteiger charge is -2.24. The van der Waals surface area contributed by atoms with Crippen LogP contribution in [0.4, 0.5) is 10.5 Å². The van der Waals surface area contributed by atoms with Gasteiger partial charge in [-0.2, -0.15) is 0 Å². The first-order valence-electron chi connectivity index (χ1n) is 9.68. The Labute approximate surface area is 165 Å². The van der Waals surface area contributed by atoms with Crippen molar-refractivity contribution < 1.29 is 14.3 Å². The van der Waals surface area contributed by atoms with Crippen LogP contribution in [0.15, 0.2) is 48.5 Å². The molecular weight excluding hydrogens is 354 g/mol. The first-order chi connectivity index (χ1) is 13.6. The molecule has 0 radical (unpaired) electrons. The SMILES string of the molecule is CCOc1ccccc1CN(C(=O)Nc1ccc(CC(=O)NC)cc1)C1CC1. The Hall–Kier alpha value is -3.02. The Morgan fingerprint density at radius 3 is 2.46 bits per heavy atom. The molecule has 2 aromatic rings. The molecule has 2 aromatic carbocycles. The molecule has 28 heavy (non-hydrogen) atoms. The average Bonchev–Trinajstić information content (AvgIpc) is 3.54. The molecule has 0 bridgehead atoms. The van der Waals surface area contributed by atoms with Crippen molar-refractivity contribution in [2.24, 2.45) is 0 Å². The fourth-order valence-corrected chi connectivity index (χ4v) is 3.04. The van der Waals surface area contributed by atoms with Crippen LogP contribution in [0.5, 0.6) is 5.75 Å². The lowest BCUT2D eigenvalue weighted by Crippen LogP contribution is -2.36. The summed E-state index contributed by atoms with van der Waals surface area (Å²) >= 11 is 0. The number of benzene rings is 2. The van der Waals surface area contributed by atoms with E-state index >= 15 is 0 Å². The molecule has 1 aliphatic rings. The highest BCUT2D eigenvalue weighted by Crippen LogP contribution is 2.31. The summed E-state index contributed by atoms with van der Waals surface area (Å²) in [5.74, 6) is 0.784. The maximum atomic E-state index is 12.9. The van der Waals surface area contributed by atoms with Crippen LogP contribution >= 0.6 is 0 Å². The second kappa shape index (κ2) is 9.26. The van der Waals surface area contributed by atoms with Crippen molar-refractivity contribution >= 4 is 17.6 Å². The molecule has 1 aliphatic carbocycles. The van der Waals surface area contributed by atoms with Crippen LogP contribution in [0.2, 0.25) is 0 Å². The fraction of sp³-hybridized carbons (Fsp3) is 0.364. The van der Waals surface area contributed by atoms with Crippen molar-refractivity contribution in [1.29, 1.82) is 0 Å². The number of carbonyl (C=O) groups excluding carboxylic acids is 2. The minimum absolute atomic E-state index is 0.0374. The van der Waals surface area contributed by atoms with E-state index in [2.05, 4.69) is 10.6 Å². The number of anilines is 1. The van der Waals surface area contributed by atoms with E-state index in [4.69, 9.17) is 4.74 Å². The molecule has 6 heteroatoms. The number of hydrogen-bond donors (Lipinski definition) is 2. The third-order valence-corrected chi connectivity index (χ3v) is 4.71. The zero-order chi connectivity index (χ0) is 19.9. The molecule has 0 spiro atoms. The van der Waals surface area contributed by atoms with Crippen molar-refractivity contribution in [2.45, 2.75) is 38.8 Å². The van der Waals surface area contributed by atoms with Crippen molar-refractivity contribution in [3.63, 3.8) is 0 Å². The van der Waals surface area contributed by atoms with Crippen LogP contribution in [-0.2, 0) is 17.8 Å². The van der Waals surface area contributed by atoms with Gasteiger partial charge in [-0.15, -0.1) is 0 Å². The van der Waals surface area contributed by atoms with E-state index in [1.807, 2.05) is 60.4 Å². The Balaban J connectivity index is 1.66. The Morgan fingerprint density at radius 1 is 1.11 bits per heavy atom. The molecule has 0 aromatic heterocycles. The number of para-hydroxylation sites is 1. The zero-order valence-electron chi connectivity index (χ0n) is 16.4. The summed E-state index contributed by atoms with van der Waals surface area (Å²) in [6, 6.07) is 15.4. The average molecular weight is 381 g/mol. The van der Waals surface area contributed by atoms with Gasteiger partial charge in [0.15, 0.2) is 0 Å². The molecular formula is C22H27N3O3. The molecule has 1 saturated carbocycles. The van der Waals surface area contributed by atoms with Gasteiger partial charge in [-0.25, -0.2) is 4.79 Å². The number of hydrogen-bond acceptors (Lipinski definition) is 3. The molecule has 3 amide bonds. The maximum absolute atomic E-state index is 12.9. The van der Waals surface area contributed by atoms with Crippen LogP contribution in [0.25, 0.3) is 0 Å². The largest absolute Gasteiger partial charge is 0.494 e. The summed E-state index contributed by atoms with van der Waals surface area (Å²) in [6.07, 6.45) is 2.37. The van der Waals surface area contributed by atoms with Gasteiger partial charge in [-0.05, 0) is 43.5 Å². The number of rotatable bonds is 8. The zero-order valence-corrected chi connectivity index (χ0v) is 16.4. The summed E-state index contributed by atoms with van der Waals surface area (Å²) in [7, 11) is 1.62. The molecule has 0 saturated heterocycles. The first kappa shape index (κ1) is 19.7. The van der Waals surface area contributed by atoms with Crippen molar-refractivity contribution in [1.82, 2.24) is 10.2 Å². The van der Waals surface area contributed by atoms with Crippen LogP contribution in [0.3, 0.4) is 0 Å². The van der Waals surface area contributed by atoms with Crippen LogP contribution < -0.4 is 15.4 Å². The standard InChI is InChI=1S/C22H27N3O3/c1-3-28-20-7-5-4-6-17(20)15-25(19-12-13-19)22(27)24-18-10-8-16(9-11-18)14-21(26)23-2/h4-11,19H,3,12-15H2,1-2H3,(H,23,26)(H,24,27). The van der Waals surface area contributed by atoms with Gasteiger partial charge in [-0.1, -0.05) is 30.3 Å². The Bertz CT molecular complexity index is 816. The number of carbonyl (C=O) groups is 2. The third-order valence-electron chi connectivity index (χ3n) is 4.71. The quantitative estimate of drug-likeness (QED) is 0.734. The number of nitrogens with zero attached hydrogens (tertiary/aromatic N) is 1. The number of likely N-dealkylation sites (N-methyl/N-ethyl adjacent to an activating group) is 1. The van der Waals surface area contributed by atoms with Gasteiger partial charge >= 0.3 is 6.03 Å². The van der Waals surface area contributed by atoms with Gasteiger partial charge in [0.25, 0.3) is 0 Å². The highest BCUT2D eigenvalue weighted by molar-refractivity contribution is 5.90. The van der Waals surface area contributed by atoms with Gasteiger partial charge in [0.2, 0.25) is 5.91 Å². The van der Waals surface area contributed by atoms with Crippen molar-refractivity contribution in [3.8, 4) is 5.75 Å². The molecule has 1 fully saturated rings. The van der Waals surface area contributed by atoms with Crippen molar-refractivity contribution in [2.75, 3.05) is 19.0 Å². The lowest BCUT2D eigenvalue weighted by atomic mass is 10.1. The molecule has 0 heterocycles. The molecule has 0 atom stereocenters. The van der Waals surface area contributed by atoms with E-state index in [0.717, 1.165) is 35.4 Å². The molecule has 3 rings (SSSR count). The number of amides is 3. The summed E-state index contributed by atoms with van der Waals surface area (Å²) < 4.78 is 5.70. The molecule has 0 unspecified atom stereocenters. The van der Waals surface area contributed by atoms with Gasteiger partial charge in [-0.3, -0.25) is 4.79 Å². The van der Waals surface area contributed by atoms with Crippen LogP contribution in [0.1, 0.15) is 30.9 Å². The van der Waals surface area contributed by atoms with Gasteiger partial charge in [0.1, 0.15) is 5.75 Å². The van der Waals surface area contributed by atoms with E-state index in [1.54, 1.807) is 7.05 Å². The van der Waals surface area contributed by atoms with Gasteiger partial charge in [0, 0.05) is 24.3 Å². The van der Waals surface area contributed by atoms with Gasteiger partial charge < -0.3 is 20.3 Å². The minimum Gasteiger partial charge on any atom is -0.494 e. The third kappa shape index (κ3) is 5.25. The van der Waals surface area contributed by atoms with E-state index in [0.29, 0.717) is 19.6 Å². The Kier molecular flexibility index (Phi) is 6.53. The van der Waals surface area contributed by atoms with E-state index in [9.17, 15) is 9.59 Å². The number of urea groups is 1. The van der Waals surface area contributed by atoms with Crippen LogP contribution in [-0.4, -0.2) is 36.5 Å². The maximum Gasteiger partial charge on any atom is 0.322 e. The summed E-state index contributed by atoms with van der Waals surface area (Å²) in [4.78, 5) is 26.2. The van der Waals surface area contributed by atoms with E-state index in [1.165, 1.54) is 0 Å². The topological polar surface area (TPSA) is 70.7 Å². The predicted molar refractivity (Wildman–Crippen MR) is 109 cm³/mol.